The average molecular weight is 154 g/mol. The van der Waals surface area contributed by atoms with Crippen LogP contribution in [0.1, 0.15) is 0 Å². The third kappa shape index (κ3) is 0.778. The molecule has 0 bridgehead atoms. The Labute approximate surface area is 58.8 Å². The molecule has 0 radical (unpaired) electrons. The minimum absolute atomic E-state index is 0.103. The quantitative estimate of drug-likeness (QED) is 0.546. The molecule has 0 unspecified atom stereocenters. The SMILES string of the molecule is O=c1oc2ccoc(=O)c2o1. The Morgan fingerprint density at radius 2 is 2.00 bits per heavy atom. The van der Waals surface area contributed by atoms with Crippen LogP contribution in [0, 0.1) is 0 Å². The maximum absolute atomic E-state index is 10.7. The second-order valence-corrected chi connectivity index (χ2v) is 1.86. The topological polar surface area (TPSA) is 73.6 Å². The van der Waals surface area contributed by atoms with E-state index in [9.17, 15) is 9.59 Å². The van der Waals surface area contributed by atoms with Gasteiger partial charge in [-0.1, -0.05) is 0 Å². The fraction of sp³-hybridized carbons (Fsp3) is 0. The van der Waals surface area contributed by atoms with Gasteiger partial charge in [-0.2, -0.15) is 0 Å². The molecular formula is C6H2O5. The van der Waals surface area contributed by atoms with Gasteiger partial charge in [0.1, 0.15) is 0 Å². The maximum atomic E-state index is 10.7. The number of fused-ring (bicyclic) bond motifs is 1. The average Bonchev–Trinajstić information content (AvgIpc) is 2.31. The zero-order valence-electron chi connectivity index (χ0n) is 5.20. The fourth-order valence-electron chi connectivity index (χ4n) is 0.754. The molecule has 0 aliphatic carbocycles. The Balaban J connectivity index is 3.14. The minimum Gasteiger partial charge on any atom is -0.428 e. The van der Waals surface area contributed by atoms with Crippen LogP contribution < -0.4 is 11.4 Å². The van der Waals surface area contributed by atoms with Crippen LogP contribution in [0.25, 0.3) is 11.2 Å². The molecule has 0 atom stereocenters. The van der Waals surface area contributed by atoms with Crippen LogP contribution in [0.5, 0.6) is 0 Å². The maximum Gasteiger partial charge on any atom is 0.519 e. The van der Waals surface area contributed by atoms with Gasteiger partial charge in [0.15, 0.2) is 5.58 Å². The van der Waals surface area contributed by atoms with E-state index in [0.717, 1.165) is 6.26 Å². The Kier molecular flexibility index (Phi) is 1.00. The number of hydrogen-bond donors (Lipinski definition) is 0. The highest BCUT2D eigenvalue weighted by atomic mass is 16.6. The standard InChI is InChI=1S/C6H2O5/c7-5-4-3(1-2-9-5)10-6(8)11-4/h1-2H. The molecule has 0 fully saturated rings. The predicted octanol–water partition coefficient (Wildman–Crippen LogP) is 0.339. The van der Waals surface area contributed by atoms with Crippen LogP contribution >= 0.6 is 0 Å². The molecule has 0 aromatic carbocycles. The summed E-state index contributed by atoms with van der Waals surface area (Å²) >= 11 is 0. The smallest absolute Gasteiger partial charge is 0.428 e. The molecule has 5 heteroatoms. The van der Waals surface area contributed by atoms with Gasteiger partial charge in [-0.05, 0) is 0 Å². The number of hydrogen-bond acceptors (Lipinski definition) is 5. The molecule has 2 aromatic heterocycles. The molecule has 0 spiro atoms. The Bertz CT molecular complexity index is 485. The van der Waals surface area contributed by atoms with Crippen molar-refractivity contribution >= 4 is 11.2 Å². The van der Waals surface area contributed by atoms with E-state index >= 15 is 0 Å². The van der Waals surface area contributed by atoms with Gasteiger partial charge in [-0.15, -0.1) is 0 Å². The van der Waals surface area contributed by atoms with E-state index in [-0.39, 0.29) is 11.2 Å². The van der Waals surface area contributed by atoms with Crippen molar-refractivity contribution in [2.75, 3.05) is 0 Å². The molecule has 56 valence electrons. The molecule has 2 rings (SSSR count). The highest BCUT2D eigenvalue weighted by Crippen LogP contribution is 2.04. The molecule has 5 nitrogen and oxygen atoms in total. The van der Waals surface area contributed by atoms with Crippen molar-refractivity contribution in [2.45, 2.75) is 0 Å². The van der Waals surface area contributed by atoms with E-state index in [1.807, 2.05) is 0 Å². The van der Waals surface area contributed by atoms with Gasteiger partial charge in [0.05, 0.1) is 6.26 Å². The second kappa shape index (κ2) is 1.85. The fourth-order valence-corrected chi connectivity index (χ4v) is 0.754. The summed E-state index contributed by atoms with van der Waals surface area (Å²) in [5, 5.41) is 0. The van der Waals surface area contributed by atoms with Gasteiger partial charge in [0.2, 0.25) is 0 Å². The van der Waals surface area contributed by atoms with Gasteiger partial charge < -0.3 is 13.3 Å². The van der Waals surface area contributed by atoms with Gasteiger partial charge in [-0.25, -0.2) is 9.59 Å². The predicted molar refractivity (Wildman–Crippen MR) is 33.3 cm³/mol. The molecule has 0 saturated carbocycles. The molecule has 0 aliphatic rings. The lowest BCUT2D eigenvalue weighted by molar-refractivity contribution is 0.405. The first-order chi connectivity index (χ1) is 5.27. The Morgan fingerprint density at radius 3 is 2.73 bits per heavy atom. The first-order valence-corrected chi connectivity index (χ1v) is 2.79. The summed E-state index contributed by atoms with van der Waals surface area (Å²) in [5.41, 5.74) is -0.794. The van der Waals surface area contributed by atoms with Crippen molar-refractivity contribution in [3.05, 3.63) is 33.4 Å². The first-order valence-electron chi connectivity index (χ1n) is 2.79. The summed E-state index contributed by atoms with van der Waals surface area (Å²) < 4.78 is 13.2. The van der Waals surface area contributed by atoms with Crippen molar-refractivity contribution in [2.24, 2.45) is 0 Å². The molecular weight excluding hydrogens is 152 g/mol. The van der Waals surface area contributed by atoms with Crippen LogP contribution in [-0.4, -0.2) is 0 Å². The molecule has 0 saturated heterocycles. The van der Waals surface area contributed by atoms with Gasteiger partial charge in [0.25, 0.3) is 5.58 Å². The molecule has 2 heterocycles. The summed E-state index contributed by atoms with van der Waals surface area (Å²) in [6, 6.07) is 1.33. The van der Waals surface area contributed by atoms with Crippen LogP contribution in [0.3, 0.4) is 0 Å². The Morgan fingerprint density at radius 1 is 1.18 bits per heavy atom. The summed E-state index contributed by atoms with van der Waals surface area (Å²) in [6.45, 7) is 0. The van der Waals surface area contributed by atoms with Crippen LogP contribution in [-0.2, 0) is 0 Å². The zero-order valence-corrected chi connectivity index (χ0v) is 5.20. The van der Waals surface area contributed by atoms with Crippen molar-refractivity contribution in [1.29, 1.82) is 0 Å². The molecule has 2 aromatic rings. The lowest BCUT2D eigenvalue weighted by Gasteiger charge is -1.78. The van der Waals surface area contributed by atoms with Gasteiger partial charge in [-0.3, -0.25) is 0 Å². The van der Waals surface area contributed by atoms with E-state index in [1.54, 1.807) is 0 Å². The van der Waals surface area contributed by atoms with E-state index in [0.29, 0.717) is 0 Å². The van der Waals surface area contributed by atoms with Crippen molar-refractivity contribution in [3.8, 4) is 0 Å². The molecule has 0 amide bonds. The largest absolute Gasteiger partial charge is 0.519 e. The summed E-state index contributed by atoms with van der Waals surface area (Å²) in [6.07, 6.45) is 1.13. The first kappa shape index (κ1) is 5.96. The highest BCUT2D eigenvalue weighted by molar-refractivity contribution is 5.66. The van der Waals surface area contributed by atoms with Gasteiger partial charge >= 0.3 is 11.4 Å². The normalized spacial score (nSPS) is 10.5. The van der Waals surface area contributed by atoms with Crippen molar-refractivity contribution in [3.63, 3.8) is 0 Å². The summed E-state index contributed by atoms with van der Waals surface area (Å²) in [7, 11) is 0. The van der Waals surface area contributed by atoms with Crippen LogP contribution in [0.4, 0.5) is 0 Å². The van der Waals surface area contributed by atoms with E-state index in [2.05, 4.69) is 13.3 Å². The minimum atomic E-state index is -0.904. The van der Waals surface area contributed by atoms with E-state index in [4.69, 9.17) is 0 Å². The zero-order chi connectivity index (χ0) is 7.84. The summed E-state index contributed by atoms with van der Waals surface area (Å²) in [5.74, 6) is -0.904. The van der Waals surface area contributed by atoms with Crippen LogP contribution in [0.2, 0.25) is 0 Å². The lowest BCUT2D eigenvalue weighted by Crippen LogP contribution is -1.95. The van der Waals surface area contributed by atoms with Gasteiger partial charge in [0, 0.05) is 6.07 Å². The van der Waals surface area contributed by atoms with E-state index < -0.39 is 11.4 Å². The molecule has 0 N–H and O–H groups in total. The van der Waals surface area contributed by atoms with Crippen molar-refractivity contribution < 1.29 is 13.3 Å². The highest BCUT2D eigenvalue weighted by Gasteiger charge is 2.06. The lowest BCUT2D eigenvalue weighted by atomic mass is 10.5. The van der Waals surface area contributed by atoms with E-state index in [1.165, 1.54) is 6.07 Å². The second-order valence-electron chi connectivity index (χ2n) is 1.86. The molecule has 11 heavy (non-hydrogen) atoms. The van der Waals surface area contributed by atoms with Crippen molar-refractivity contribution in [1.82, 2.24) is 0 Å². The Hall–Kier alpha value is -1.78. The van der Waals surface area contributed by atoms with Crippen LogP contribution in [0.15, 0.2) is 35.2 Å². The third-order valence-electron chi connectivity index (χ3n) is 1.18. The molecule has 0 aliphatic heterocycles. The monoisotopic (exact) mass is 154 g/mol. The third-order valence-corrected chi connectivity index (χ3v) is 1.18. The summed E-state index contributed by atoms with van der Waals surface area (Å²) in [4.78, 5) is 21.2. The number of rotatable bonds is 0.